The highest BCUT2D eigenvalue weighted by atomic mass is 14.9. The molecule has 0 aliphatic rings. The molecule has 1 unspecified atom stereocenters. The van der Waals surface area contributed by atoms with Gasteiger partial charge in [0.2, 0.25) is 0 Å². The van der Waals surface area contributed by atoms with Gasteiger partial charge in [-0.25, -0.2) is 4.98 Å². The molecule has 1 atom stereocenters. The quantitative estimate of drug-likeness (QED) is 0.852. The van der Waals surface area contributed by atoms with Gasteiger partial charge in [-0.3, -0.25) is 4.98 Å². The van der Waals surface area contributed by atoms with Gasteiger partial charge in [0.1, 0.15) is 0 Å². The van der Waals surface area contributed by atoms with Gasteiger partial charge in [-0.05, 0) is 25.1 Å². The summed E-state index contributed by atoms with van der Waals surface area (Å²) in [5.41, 5.74) is 2.96. The van der Waals surface area contributed by atoms with E-state index in [2.05, 4.69) is 29.1 Å². The molecule has 1 heterocycles. The van der Waals surface area contributed by atoms with Gasteiger partial charge in [0.15, 0.2) is 0 Å². The predicted octanol–water partition coefficient (Wildman–Crippen LogP) is 2.69. The van der Waals surface area contributed by atoms with Gasteiger partial charge < -0.3 is 5.32 Å². The summed E-state index contributed by atoms with van der Waals surface area (Å²) < 4.78 is 0. The summed E-state index contributed by atoms with van der Waals surface area (Å²) >= 11 is 0. The third-order valence-electron chi connectivity index (χ3n) is 2.68. The number of para-hydroxylation sites is 2. The Balaban J connectivity index is 2.37. The van der Waals surface area contributed by atoms with Gasteiger partial charge in [-0.1, -0.05) is 26.0 Å². The number of aromatic nitrogens is 2. The van der Waals surface area contributed by atoms with E-state index in [4.69, 9.17) is 0 Å². The number of benzene rings is 1. The van der Waals surface area contributed by atoms with Gasteiger partial charge >= 0.3 is 0 Å². The number of nitrogens with one attached hydrogen (secondary N) is 1. The summed E-state index contributed by atoms with van der Waals surface area (Å²) in [6.07, 6.45) is 2.90. The van der Waals surface area contributed by atoms with Crippen molar-refractivity contribution in [1.82, 2.24) is 15.3 Å². The second-order valence-electron chi connectivity index (χ2n) is 3.80. The molecular weight excluding hydrogens is 198 g/mol. The summed E-state index contributed by atoms with van der Waals surface area (Å²) in [5.74, 6) is 0. The van der Waals surface area contributed by atoms with E-state index in [1.165, 1.54) is 0 Å². The summed E-state index contributed by atoms with van der Waals surface area (Å²) in [4.78, 5) is 9.07. The lowest BCUT2D eigenvalue weighted by atomic mass is 10.1. The maximum absolute atomic E-state index is 4.64. The Morgan fingerprint density at radius 3 is 2.62 bits per heavy atom. The first kappa shape index (κ1) is 11.0. The lowest BCUT2D eigenvalue weighted by molar-refractivity contribution is 0.524. The third kappa shape index (κ3) is 2.19. The first-order valence-electron chi connectivity index (χ1n) is 5.80. The molecule has 0 saturated heterocycles. The van der Waals surface area contributed by atoms with Crippen LogP contribution in [0.5, 0.6) is 0 Å². The molecule has 2 aromatic rings. The smallest absolute Gasteiger partial charge is 0.0890 e. The zero-order chi connectivity index (χ0) is 11.4. The van der Waals surface area contributed by atoms with Crippen molar-refractivity contribution in [1.29, 1.82) is 0 Å². The lowest BCUT2D eigenvalue weighted by Crippen LogP contribution is -2.21. The molecular formula is C13H17N3. The van der Waals surface area contributed by atoms with Crippen LogP contribution in [0.2, 0.25) is 0 Å². The number of fused-ring (bicyclic) bond motifs is 1. The molecule has 84 valence electrons. The molecule has 0 bridgehead atoms. The average molecular weight is 215 g/mol. The van der Waals surface area contributed by atoms with Crippen LogP contribution in [0, 0.1) is 0 Å². The normalized spacial score (nSPS) is 12.9. The highest BCUT2D eigenvalue weighted by molar-refractivity contribution is 5.73. The van der Waals surface area contributed by atoms with Crippen LogP contribution in [0.4, 0.5) is 0 Å². The molecule has 3 nitrogen and oxygen atoms in total. The van der Waals surface area contributed by atoms with Gasteiger partial charge in [0, 0.05) is 0 Å². The van der Waals surface area contributed by atoms with Crippen molar-refractivity contribution in [2.45, 2.75) is 26.3 Å². The highest BCUT2D eigenvalue weighted by Crippen LogP contribution is 2.16. The van der Waals surface area contributed by atoms with E-state index in [9.17, 15) is 0 Å². The topological polar surface area (TPSA) is 37.8 Å². The minimum absolute atomic E-state index is 0.308. The van der Waals surface area contributed by atoms with Crippen molar-refractivity contribution in [2.24, 2.45) is 0 Å². The Bertz CT molecular complexity index is 467. The first-order valence-corrected chi connectivity index (χ1v) is 5.80. The summed E-state index contributed by atoms with van der Waals surface area (Å²) in [7, 11) is 0. The molecule has 0 aliphatic carbocycles. The van der Waals surface area contributed by atoms with Crippen LogP contribution in [0.1, 0.15) is 32.0 Å². The van der Waals surface area contributed by atoms with E-state index in [0.29, 0.717) is 6.04 Å². The van der Waals surface area contributed by atoms with Gasteiger partial charge in [-0.15, -0.1) is 0 Å². The third-order valence-corrected chi connectivity index (χ3v) is 2.68. The molecule has 1 aromatic carbocycles. The maximum atomic E-state index is 4.64. The molecule has 0 spiro atoms. The molecule has 16 heavy (non-hydrogen) atoms. The highest BCUT2D eigenvalue weighted by Gasteiger charge is 2.09. The van der Waals surface area contributed by atoms with Crippen molar-refractivity contribution in [3.8, 4) is 0 Å². The Morgan fingerprint density at radius 2 is 1.94 bits per heavy atom. The number of hydrogen-bond donors (Lipinski definition) is 1. The molecule has 1 N–H and O–H groups in total. The standard InChI is InChI=1S/C13H17N3/c1-3-10(14-4-2)13-9-15-11-7-5-6-8-12(11)16-13/h5-10,14H,3-4H2,1-2H3. The fraction of sp³-hybridized carbons (Fsp3) is 0.385. The van der Waals surface area contributed by atoms with Crippen LogP contribution < -0.4 is 5.32 Å². The zero-order valence-corrected chi connectivity index (χ0v) is 9.77. The van der Waals surface area contributed by atoms with Crippen molar-refractivity contribution in [2.75, 3.05) is 6.54 Å². The minimum Gasteiger partial charge on any atom is -0.309 e. The number of hydrogen-bond acceptors (Lipinski definition) is 3. The largest absolute Gasteiger partial charge is 0.309 e. The van der Waals surface area contributed by atoms with E-state index in [1.54, 1.807) is 0 Å². The van der Waals surface area contributed by atoms with E-state index < -0.39 is 0 Å². The van der Waals surface area contributed by atoms with E-state index in [-0.39, 0.29) is 0 Å². The van der Waals surface area contributed by atoms with Crippen LogP contribution in [0.25, 0.3) is 11.0 Å². The SMILES string of the molecule is CCNC(CC)c1cnc2ccccc2n1. The summed E-state index contributed by atoms with van der Waals surface area (Å²) in [6, 6.07) is 8.28. The molecule has 1 aromatic heterocycles. The summed E-state index contributed by atoms with van der Waals surface area (Å²) in [5, 5.41) is 3.41. The predicted molar refractivity (Wildman–Crippen MR) is 66.2 cm³/mol. The Hall–Kier alpha value is -1.48. The Kier molecular flexibility index (Phi) is 3.47. The monoisotopic (exact) mass is 215 g/mol. The molecule has 0 fully saturated rings. The van der Waals surface area contributed by atoms with Crippen molar-refractivity contribution in [3.05, 3.63) is 36.2 Å². The van der Waals surface area contributed by atoms with Crippen molar-refractivity contribution >= 4 is 11.0 Å². The van der Waals surface area contributed by atoms with Crippen molar-refractivity contribution in [3.63, 3.8) is 0 Å². The maximum Gasteiger partial charge on any atom is 0.0890 e. The Labute approximate surface area is 95.9 Å². The minimum atomic E-state index is 0.308. The van der Waals surface area contributed by atoms with E-state index in [0.717, 1.165) is 29.7 Å². The molecule has 0 saturated carbocycles. The molecule has 0 aliphatic heterocycles. The Morgan fingerprint density at radius 1 is 1.19 bits per heavy atom. The molecule has 0 radical (unpaired) electrons. The van der Waals surface area contributed by atoms with Crippen LogP contribution in [-0.2, 0) is 0 Å². The molecule has 0 amide bonds. The van der Waals surface area contributed by atoms with Crippen LogP contribution >= 0.6 is 0 Å². The zero-order valence-electron chi connectivity index (χ0n) is 9.77. The van der Waals surface area contributed by atoms with Crippen LogP contribution in [-0.4, -0.2) is 16.5 Å². The van der Waals surface area contributed by atoms with Crippen LogP contribution in [0.15, 0.2) is 30.5 Å². The first-order chi connectivity index (χ1) is 7.85. The molecule has 3 heteroatoms. The summed E-state index contributed by atoms with van der Waals surface area (Å²) in [6.45, 7) is 5.22. The number of rotatable bonds is 4. The van der Waals surface area contributed by atoms with E-state index in [1.807, 2.05) is 30.5 Å². The van der Waals surface area contributed by atoms with E-state index >= 15 is 0 Å². The second-order valence-corrected chi connectivity index (χ2v) is 3.80. The van der Waals surface area contributed by atoms with Gasteiger partial charge in [0.05, 0.1) is 29.0 Å². The van der Waals surface area contributed by atoms with Gasteiger partial charge in [-0.2, -0.15) is 0 Å². The van der Waals surface area contributed by atoms with Crippen LogP contribution in [0.3, 0.4) is 0 Å². The average Bonchev–Trinajstić information content (AvgIpc) is 2.35. The van der Waals surface area contributed by atoms with Crippen molar-refractivity contribution < 1.29 is 0 Å². The second kappa shape index (κ2) is 5.03. The molecule has 2 rings (SSSR count). The number of nitrogens with zero attached hydrogens (tertiary/aromatic N) is 2. The van der Waals surface area contributed by atoms with Gasteiger partial charge in [0.25, 0.3) is 0 Å². The fourth-order valence-electron chi connectivity index (χ4n) is 1.84. The fourth-order valence-corrected chi connectivity index (χ4v) is 1.84. The lowest BCUT2D eigenvalue weighted by Gasteiger charge is -2.14.